The fourth-order valence-electron chi connectivity index (χ4n) is 3.07. The normalized spacial score (nSPS) is 10.7. The molecular formula is C23H18FN5O3. The number of rotatable bonds is 6. The topological polar surface area (TPSA) is 98.9 Å². The number of pyridine rings is 1. The van der Waals surface area contributed by atoms with Crippen molar-refractivity contribution in [2.75, 3.05) is 0 Å². The first-order valence-electron chi connectivity index (χ1n) is 9.75. The predicted octanol–water partition coefficient (Wildman–Crippen LogP) is 1.91. The Morgan fingerprint density at radius 2 is 1.66 bits per heavy atom. The van der Waals surface area contributed by atoms with Crippen LogP contribution in [-0.2, 0) is 13.1 Å². The van der Waals surface area contributed by atoms with Crippen LogP contribution in [0.25, 0.3) is 5.69 Å². The predicted molar refractivity (Wildman–Crippen MR) is 115 cm³/mol. The lowest BCUT2D eigenvalue weighted by Gasteiger charge is -2.12. The van der Waals surface area contributed by atoms with E-state index in [-0.39, 0.29) is 18.8 Å². The van der Waals surface area contributed by atoms with Crippen LogP contribution in [0, 0.1) is 5.82 Å². The number of hydrogen-bond acceptors (Lipinski definition) is 5. The minimum atomic E-state index is -0.823. The van der Waals surface area contributed by atoms with E-state index in [1.165, 1.54) is 12.1 Å². The number of carbonyl (C=O) groups is 1. The Bertz CT molecular complexity index is 1350. The standard InChI is InChI=1S/C23H18FN5O3/c24-17-9-11-19(12-10-17)29-23(32)28(15-16-6-2-1-3-7-16)22(31)20(27-29)21(30)26-14-18-8-4-5-13-25-18/h1-13H,14-15H2,(H,26,30). The largest absolute Gasteiger partial charge is 0.352 e. The molecule has 9 heteroatoms. The lowest BCUT2D eigenvalue weighted by atomic mass is 10.2. The third-order valence-electron chi connectivity index (χ3n) is 4.69. The van der Waals surface area contributed by atoms with Crippen molar-refractivity contribution in [3.8, 4) is 5.69 Å². The fraction of sp³-hybridized carbons (Fsp3) is 0.0870. The van der Waals surface area contributed by atoms with Gasteiger partial charge in [0.25, 0.3) is 11.5 Å². The van der Waals surface area contributed by atoms with E-state index in [0.29, 0.717) is 11.3 Å². The monoisotopic (exact) mass is 431 g/mol. The van der Waals surface area contributed by atoms with E-state index in [9.17, 15) is 18.8 Å². The summed E-state index contributed by atoms with van der Waals surface area (Å²) >= 11 is 0. The molecule has 0 bridgehead atoms. The number of hydrogen-bond donors (Lipinski definition) is 1. The van der Waals surface area contributed by atoms with Crippen LogP contribution in [0.3, 0.4) is 0 Å². The number of nitrogens with zero attached hydrogens (tertiary/aromatic N) is 4. The molecule has 0 spiro atoms. The minimum absolute atomic E-state index is 0.0528. The van der Waals surface area contributed by atoms with Gasteiger partial charge in [-0.05, 0) is 42.0 Å². The van der Waals surface area contributed by atoms with Crippen LogP contribution in [0.4, 0.5) is 4.39 Å². The summed E-state index contributed by atoms with van der Waals surface area (Å²) in [6, 6.07) is 19.1. The third kappa shape index (κ3) is 4.51. The molecule has 0 aliphatic heterocycles. The molecule has 32 heavy (non-hydrogen) atoms. The molecule has 0 radical (unpaired) electrons. The Morgan fingerprint density at radius 1 is 0.938 bits per heavy atom. The van der Waals surface area contributed by atoms with Gasteiger partial charge in [0.1, 0.15) is 5.82 Å². The molecule has 2 heterocycles. The van der Waals surface area contributed by atoms with Gasteiger partial charge in [0.05, 0.1) is 24.5 Å². The summed E-state index contributed by atoms with van der Waals surface area (Å²) in [6.07, 6.45) is 1.58. The van der Waals surface area contributed by atoms with Crippen molar-refractivity contribution < 1.29 is 9.18 Å². The molecule has 0 saturated heterocycles. The molecule has 8 nitrogen and oxygen atoms in total. The molecule has 1 amide bonds. The summed E-state index contributed by atoms with van der Waals surface area (Å²) < 4.78 is 15.2. The summed E-state index contributed by atoms with van der Waals surface area (Å²) in [4.78, 5) is 43.0. The maximum atomic E-state index is 13.4. The van der Waals surface area contributed by atoms with Crippen LogP contribution >= 0.6 is 0 Å². The number of carbonyl (C=O) groups excluding carboxylic acids is 1. The average molecular weight is 431 g/mol. The SMILES string of the molecule is O=C(NCc1ccccn1)c1nn(-c2ccc(F)cc2)c(=O)n(Cc2ccccc2)c1=O. The van der Waals surface area contributed by atoms with Crippen LogP contribution in [0.5, 0.6) is 0 Å². The van der Waals surface area contributed by atoms with Crippen molar-refractivity contribution in [1.29, 1.82) is 0 Å². The summed E-state index contributed by atoms with van der Waals surface area (Å²) in [5.74, 6) is -1.24. The highest BCUT2D eigenvalue weighted by Crippen LogP contribution is 2.06. The molecular weight excluding hydrogens is 413 g/mol. The van der Waals surface area contributed by atoms with E-state index in [1.807, 2.05) is 6.07 Å². The van der Waals surface area contributed by atoms with Crippen molar-refractivity contribution in [3.63, 3.8) is 0 Å². The van der Waals surface area contributed by atoms with Crippen LogP contribution < -0.4 is 16.6 Å². The Morgan fingerprint density at radius 3 is 2.34 bits per heavy atom. The quantitative estimate of drug-likeness (QED) is 0.503. The van der Waals surface area contributed by atoms with E-state index in [1.54, 1.807) is 48.7 Å². The van der Waals surface area contributed by atoms with Crippen LogP contribution in [0.15, 0.2) is 88.6 Å². The summed E-state index contributed by atoms with van der Waals surface area (Å²) in [5.41, 5.74) is -0.513. The fourth-order valence-corrected chi connectivity index (χ4v) is 3.07. The second-order valence-electron chi connectivity index (χ2n) is 6.90. The molecule has 4 aromatic rings. The van der Waals surface area contributed by atoms with Crippen LogP contribution in [0.2, 0.25) is 0 Å². The van der Waals surface area contributed by atoms with Gasteiger partial charge in [-0.3, -0.25) is 19.1 Å². The summed E-state index contributed by atoms with van der Waals surface area (Å²) in [7, 11) is 0. The van der Waals surface area contributed by atoms with Gasteiger partial charge < -0.3 is 5.32 Å². The highest BCUT2D eigenvalue weighted by molar-refractivity contribution is 5.91. The second-order valence-corrected chi connectivity index (χ2v) is 6.90. The second kappa shape index (κ2) is 9.17. The third-order valence-corrected chi connectivity index (χ3v) is 4.69. The number of nitrogens with one attached hydrogen (secondary N) is 1. The number of halogens is 1. The highest BCUT2D eigenvalue weighted by Gasteiger charge is 2.20. The molecule has 0 aliphatic rings. The Hall–Kier alpha value is -4.40. The van der Waals surface area contributed by atoms with E-state index >= 15 is 0 Å². The minimum Gasteiger partial charge on any atom is -0.345 e. The average Bonchev–Trinajstić information content (AvgIpc) is 2.82. The van der Waals surface area contributed by atoms with E-state index in [4.69, 9.17) is 0 Å². The zero-order valence-corrected chi connectivity index (χ0v) is 16.8. The summed E-state index contributed by atoms with van der Waals surface area (Å²) in [5, 5.41) is 6.60. The molecule has 0 fully saturated rings. The van der Waals surface area contributed by atoms with Gasteiger partial charge in [-0.15, -0.1) is 0 Å². The smallest absolute Gasteiger partial charge is 0.345 e. The van der Waals surface area contributed by atoms with Crippen molar-refractivity contribution in [2.24, 2.45) is 0 Å². The zero-order chi connectivity index (χ0) is 22.5. The van der Waals surface area contributed by atoms with E-state index in [0.717, 1.165) is 21.4 Å². The molecule has 2 aromatic carbocycles. The van der Waals surface area contributed by atoms with Gasteiger partial charge in [-0.2, -0.15) is 9.78 Å². The molecule has 0 saturated carbocycles. The molecule has 0 aliphatic carbocycles. The molecule has 4 rings (SSSR count). The Balaban J connectivity index is 1.77. The molecule has 2 aromatic heterocycles. The Kier molecular flexibility index (Phi) is 5.98. The van der Waals surface area contributed by atoms with Gasteiger partial charge in [-0.1, -0.05) is 36.4 Å². The first-order valence-corrected chi connectivity index (χ1v) is 9.75. The van der Waals surface area contributed by atoms with E-state index < -0.39 is 28.7 Å². The first-order chi connectivity index (χ1) is 15.5. The Labute approximate surface area is 181 Å². The lowest BCUT2D eigenvalue weighted by Crippen LogP contribution is -2.46. The lowest BCUT2D eigenvalue weighted by molar-refractivity contribution is 0.0940. The summed E-state index contributed by atoms with van der Waals surface area (Å²) in [6.45, 7) is 0.0257. The van der Waals surface area contributed by atoms with Crippen molar-refractivity contribution in [1.82, 2.24) is 24.6 Å². The highest BCUT2D eigenvalue weighted by atomic mass is 19.1. The van der Waals surface area contributed by atoms with Gasteiger partial charge in [0.15, 0.2) is 0 Å². The first kappa shape index (κ1) is 20.9. The number of benzene rings is 2. The van der Waals surface area contributed by atoms with Crippen molar-refractivity contribution in [2.45, 2.75) is 13.1 Å². The molecule has 0 atom stereocenters. The van der Waals surface area contributed by atoms with Gasteiger partial charge in [0, 0.05) is 6.20 Å². The molecule has 0 unspecified atom stereocenters. The number of amides is 1. The molecule has 1 N–H and O–H groups in total. The van der Waals surface area contributed by atoms with Gasteiger partial charge in [0.2, 0.25) is 5.69 Å². The van der Waals surface area contributed by atoms with Crippen LogP contribution in [0.1, 0.15) is 21.7 Å². The van der Waals surface area contributed by atoms with Crippen molar-refractivity contribution >= 4 is 5.91 Å². The molecule has 160 valence electrons. The van der Waals surface area contributed by atoms with Gasteiger partial charge >= 0.3 is 5.69 Å². The maximum absolute atomic E-state index is 13.4. The van der Waals surface area contributed by atoms with Crippen LogP contribution in [-0.4, -0.2) is 25.2 Å². The van der Waals surface area contributed by atoms with Crippen molar-refractivity contribution in [3.05, 3.63) is 123 Å². The maximum Gasteiger partial charge on any atom is 0.352 e. The van der Waals surface area contributed by atoms with Gasteiger partial charge in [-0.25, -0.2) is 9.18 Å². The number of aromatic nitrogens is 4. The zero-order valence-electron chi connectivity index (χ0n) is 16.8. The van der Waals surface area contributed by atoms with E-state index in [2.05, 4.69) is 15.4 Å².